The minimum Gasteiger partial charge on any atom is -0.442 e. The normalized spacial score (nSPS) is 15.2. The first-order valence-electron chi connectivity index (χ1n) is 8.90. The molecule has 2 aromatic heterocycles. The quantitative estimate of drug-likeness (QED) is 0.698. The molecule has 1 saturated carbocycles. The molecular formula is C20H20FN3O2. The number of benzene rings is 1. The molecule has 4 rings (SSSR count). The van der Waals surface area contributed by atoms with Gasteiger partial charge in [-0.2, -0.15) is 4.98 Å². The number of pyridine rings is 1. The average molecular weight is 353 g/mol. The average Bonchev–Trinajstić information content (AvgIpc) is 3.46. The Bertz CT molecular complexity index is 1030. The lowest BCUT2D eigenvalue weighted by molar-refractivity contribution is 0.0808. The standard InChI is InChI=1S/C20H20FN3O2/c1-3-16-15-9-8-14(13-6-7-13)11-18(15)24(20(25)23-16)17-5-4-10-22-19(17)26-12(2)21/h4-5,8-13H,3,6-7H2,1-2H3. The van der Waals surface area contributed by atoms with Crippen LogP contribution in [0, 0.1) is 0 Å². The van der Waals surface area contributed by atoms with E-state index < -0.39 is 12.0 Å². The summed E-state index contributed by atoms with van der Waals surface area (Å²) >= 11 is 0. The molecule has 6 heteroatoms. The zero-order chi connectivity index (χ0) is 18.3. The van der Waals surface area contributed by atoms with Gasteiger partial charge in [-0.25, -0.2) is 14.2 Å². The first-order chi connectivity index (χ1) is 12.6. The van der Waals surface area contributed by atoms with Gasteiger partial charge in [-0.15, -0.1) is 0 Å². The summed E-state index contributed by atoms with van der Waals surface area (Å²) in [6, 6.07) is 9.58. The third-order valence-corrected chi connectivity index (χ3v) is 4.65. The van der Waals surface area contributed by atoms with E-state index in [1.807, 2.05) is 19.1 Å². The SMILES string of the molecule is CCc1nc(=O)n(-c2cccnc2OC(C)F)c2cc(C3CC3)ccc12. The van der Waals surface area contributed by atoms with Crippen molar-refractivity contribution in [3.63, 3.8) is 0 Å². The van der Waals surface area contributed by atoms with Crippen molar-refractivity contribution < 1.29 is 9.13 Å². The number of halogens is 1. The summed E-state index contributed by atoms with van der Waals surface area (Å²) in [5.41, 5.74) is 2.72. The summed E-state index contributed by atoms with van der Waals surface area (Å²) in [5.74, 6) is 0.630. The number of aromatic nitrogens is 3. The van der Waals surface area contributed by atoms with E-state index in [0.29, 0.717) is 18.0 Å². The van der Waals surface area contributed by atoms with Crippen LogP contribution in [-0.2, 0) is 6.42 Å². The van der Waals surface area contributed by atoms with Gasteiger partial charge in [0.05, 0.1) is 11.2 Å². The lowest BCUT2D eigenvalue weighted by Crippen LogP contribution is -2.24. The smallest absolute Gasteiger partial charge is 0.353 e. The van der Waals surface area contributed by atoms with Gasteiger partial charge in [-0.1, -0.05) is 19.1 Å². The molecule has 1 atom stereocenters. The molecule has 0 aliphatic heterocycles. The molecule has 0 amide bonds. The van der Waals surface area contributed by atoms with Gasteiger partial charge >= 0.3 is 5.69 Å². The third-order valence-electron chi connectivity index (χ3n) is 4.65. The number of rotatable bonds is 5. The maximum atomic E-state index is 13.4. The lowest BCUT2D eigenvalue weighted by atomic mass is 10.1. The number of alkyl halides is 1. The van der Waals surface area contributed by atoms with Gasteiger partial charge in [-0.05, 0) is 48.9 Å². The number of hydrogen-bond donors (Lipinski definition) is 0. The van der Waals surface area contributed by atoms with Crippen molar-refractivity contribution in [2.24, 2.45) is 0 Å². The minimum absolute atomic E-state index is 0.0776. The van der Waals surface area contributed by atoms with Gasteiger partial charge in [0.15, 0.2) is 0 Å². The van der Waals surface area contributed by atoms with Gasteiger partial charge in [0.2, 0.25) is 12.2 Å². The number of hydrogen-bond acceptors (Lipinski definition) is 4. The molecule has 0 spiro atoms. The topological polar surface area (TPSA) is 57.0 Å². The number of fused-ring (bicyclic) bond motifs is 1. The third kappa shape index (κ3) is 2.96. The van der Waals surface area contributed by atoms with Crippen LogP contribution in [0.3, 0.4) is 0 Å². The fourth-order valence-electron chi connectivity index (χ4n) is 3.28. The Kier molecular flexibility index (Phi) is 4.18. The summed E-state index contributed by atoms with van der Waals surface area (Å²) in [5, 5.41) is 0.916. The van der Waals surface area contributed by atoms with Gasteiger partial charge in [0, 0.05) is 18.5 Å². The maximum absolute atomic E-state index is 13.4. The second kappa shape index (κ2) is 6.52. The maximum Gasteiger partial charge on any atom is 0.353 e. The predicted molar refractivity (Wildman–Crippen MR) is 97.7 cm³/mol. The highest BCUT2D eigenvalue weighted by Gasteiger charge is 2.25. The molecule has 1 fully saturated rings. The van der Waals surface area contributed by atoms with E-state index in [-0.39, 0.29) is 5.88 Å². The van der Waals surface area contributed by atoms with Crippen LogP contribution in [0.25, 0.3) is 16.6 Å². The summed E-state index contributed by atoms with van der Waals surface area (Å²) in [4.78, 5) is 21.2. The van der Waals surface area contributed by atoms with E-state index in [9.17, 15) is 9.18 Å². The Labute approximate surface area is 150 Å². The molecule has 1 aliphatic carbocycles. The molecule has 1 aromatic carbocycles. The number of ether oxygens (including phenoxy) is 1. The monoisotopic (exact) mass is 353 g/mol. The van der Waals surface area contributed by atoms with E-state index in [1.165, 1.54) is 36.1 Å². The Hall–Kier alpha value is -2.76. The molecule has 1 aliphatic rings. The van der Waals surface area contributed by atoms with Crippen LogP contribution >= 0.6 is 0 Å². The van der Waals surface area contributed by atoms with Crippen molar-refractivity contribution in [2.45, 2.75) is 45.4 Å². The molecule has 0 radical (unpaired) electrons. The highest BCUT2D eigenvalue weighted by molar-refractivity contribution is 5.84. The molecule has 2 heterocycles. The Balaban J connectivity index is 2.02. The van der Waals surface area contributed by atoms with E-state index in [0.717, 1.165) is 16.6 Å². The Morgan fingerprint density at radius 2 is 2.15 bits per heavy atom. The van der Waals surface area contributed by atoms with Crippen LogP contribution in [0.5, 0.6) is 5.88 Å². The van der Waals surface area contributed by atoms with E-state index >= 15 is 0 Å². The molecule has 134 valence electrons. The fraction of sp³-hybridized carbons (Fsp3) is 0.350. The predicted octanol–water partition coefficient (Wildman–Crippen LogP) is 3.91. The molecule has 0 bridgehead atoms. The van der Waals surface area contributed by atoms with Gasteiger partial charge in [0.25, 0.3) is 0 Å². The van der Waals surface area contributed by atoms with Crippen LogP contribution in [0.4, 0.5) is 4.39 Å². The summed E-state index contributed by atoms with van der Waals surface area (Å²) < 4.78 is 20.1. The molecule has 1 unspecified atom stereocenters. The Morgan fingerprint density at radius 1 is 1.35 bits per heavy atom. The number of aryl methyl sites for hydroxylation is 1. The molecule has 5 nitrogen and oxygen atoms in total. The van der Waals surface area contributed by atoms with Crippen molar-refractivity contribution in [3.8, 4) is 11.6 Å². The van der Waals surface area contributed by atoms with Crippen molar-refractivity contribution in [2.75, 3.05) is 0 Å². The summed E-state index contributed by atoms with van der Waals surface area (Å²) in [6.45, 7) is 3.26. The summed E-state index contributed by atoms with van der Waals surface area (Å²) in [6.07, 6.45) is 2.98. The first-order valence-corrected chi connectivity index (χ1v) is 8.90. The van der Waals surface area contributed by atoms with Gasteiger partial charge < -0.3 is 4.74 Å². The van der Waals surface area contributed by atoms with Crippen LogP contribution in [0.2, 0.25) is 0 Å². The second-order valence-corrected chi connectivity index (χ2v) is 6.57. The molecule has 26 heavy (non-hydrogen) atoms. The lowest BCUT2D eigenvalue weighted by Gasteiger charge is -2.16. The zero-order valence-electron chi connectivity index (χ0n) is 14.8. The van der Waals surface area contributed by atoms with Crippen molar-refractivity contribution in [3.05, 3.63) is 58.3 Å². The molecule has 0 saturated heterocycles. The van der Waals surface area contributed by atoms with Crippen LogP contribution < -0.4 is 10.4 Å². The highest BCUT2D eigenvalue weighted by atomic mass is 19.1. The van der Waals surface area contributed by atoms with Crippen molar-refractivity contribution in [1.29, 1.82) is 0 Å². The van der Waals surface area contributed by atoms with Crippen LogP contribution in [0.1, 0.15) is 43.9 Å². The zero-order valence-corrected chi connectivity index (χ0v) is 14.8. The Morgan fingerprint density at radius 3 is 2.85 bits per heavy atom. The van der Waals surface area contributed by atoms with Crippen LogP contribution in [-0.4, -0.2) is 20.9 Å². The van der Waals surface area contributed by atoms with E-state index in [1.54, 1.807) is 12.1 Å². The van der Waals surface area contributed by atoms with Crippen LogP contribution in [0.15, 0.2) is 41.3 Å². The van der Waals surface area contributed by atoms with E-state index in [4.69, 9.17) is 4.74 Å². The number of nitrogens with zero attached hydrogens (tertiary/aromatic N) is 3. The van der Waals surface area contributed by atoms with Gasteiger partial charge in [-0.3, -0.25) is 4.57 Å². The second-order valence-electron chi connectivity index (χ2n) is 6.57. The minimum atomic E-state index is -1.53. The molecular weight excluding hydrogens is 333 g/mol. The van der Waals surface area contributed by atoms with Crippen molar-refractivity contribution in [1.82, 2.24) is 14.5 Å². The highest BCUT2D eigenvalue weighted by Crippen LogP contribution is 2.41. The molecule has 0 N–H and O–H groups in total. The fourth-order valence-corrected chi connectivity index (χ4v) is 3.28. The summed E-state index contributed by atoms with van der Waals surface area (Å²) in [7, 11) is 0. The van der Waals surface area contributed by atoms with Crippen molar-refractivity contribution >= 4 is 10.9 Å². The molecule has 3 aromatic rings. The first kappa shape index (κ1) is 16.7. The largest absolute Gasteiger partial charge is 0.442 e. The van der Waals surface area contributed by atoms with Gasteiger partial charge in [0.1, 0.15) is 5.69 Å². The van der Waals surface area contributed by atoms with E-state index in [2.05, 4.69) is 16.0 Å².